The Kier molecular flexibility index (Phi) is 7.50. The fourth-order valence-corrected chi connectivity index (χ4v) is 6.79. The van der Waals surface area contributed by atoms with E-state index in [1.165, 1.54) is 35.2 Å². The molecule has 2 aromatic rings. The molecule has 1 aromatic carbocycles. The molecule has 1 amide bonds. The summed E-state index contributed by atoms with van der Waals surface area (Å²) in [4.78, 5) is 12.9. The van der Waals surface area contributed by atoms with Gasteiger partial charge in [0.15, 0.2) is 0 Å². The van der Waals surface area contributed by atoms with Gasteiger partial charge in [-0.1, -0.05) is 12.5 Å². The van der Waals surface area contributed by atoms with E-state index in [2.05, 4.69) is 5.32 Å². The zero-order valence-corrected chi connectivity index (χ0v) is 17.8. The lowest BCUT2D eigenvalue weighted by molar-refractivity contribution is -0.118. The first kappa shape index (κ1) is 21.3. The first-order valence-electron chi connectivity index (χ1n) is 9.17. The maximum absolute atomic E-state index is 12.9. The monoisotopic (exact) mass is 442 g/mol. The lowest BCUT2D eigenvalue weighted by Crippen LogP contribution is -2.45. The molecule has 9 heteroatoms. The van der Waals surface area contributed by atoms with E-state index < -0.39 is 10.0 Å². The van der Waals surface area contributed by atoms with Crippen molar-refractivity contribution in [2.75, 3.05) is 18.8 Å². The van der Waals surface area contributed by atoms with E-state index in [1.807, 2.05) is 0 Å². The average Bonchev–Trinajstić information content (AvgIpc) is 3.24. The Bertz CT molecular complexity index is 870. The van der Waals surface area contributed by atoms with Crippen molar-refractivity contribution in [1.29, 1.82) is 0 Å². The topological polar surface area (TPSA) is 66.5 Å². The van der Waals surface area contributed by atoms with Gasteiger partial charge in [0.25, 0.3) is 10.0 Å². The molecule has 1 saturated heterocycles. The van der Waals surface area contributed by atoms with Gasteiger partial charge < -0.3 is 5.32 Å². The second kappa shape index (κ2) is 9.87. The van der Waals surface area contributed by atoms with Crippen molar-refractivity contribution in [2.24, 2.45) is 0 Å². The number of nitrogens with one attached hydrogen (secondary N) is 1. The molecule has 1 aromatic heterocycles. The van der Waals surface area contributed by atoms with Gasteiger partial charge in [-0.2, -0.15) is 4.31 Å². The Balaban J connectivity index is 1.48. The lowest BCUT2D eigenvalue weighted by atomic mass is 10.0. The van der Waals surface area contributed by atoms with Crippen molar-refractivity contribution in [2.45, 2.75) is 40.8 Å². The number of amides is 1. The third-order valence-electron chi connectivity index (χ3n) is 4.61. The Hall–Kier alpha value is -1.42. The minimum atomic E-state index is -3.46. The maximum Gasteiger partial charge on any atom is 0.252 e. The van der Waals surface area contributed by atoms with Gasteiger partial charge in [-0.3, -0.25) is 4.79 Å². The molecule has 0 aliphatic carbocycles. The van der Waals surface area contributed by atoms with Crippen molar-refractivity contribution >= 4 is 39.0 Å². The summed E-state index contributed by atoms with van der Waals surface area (Å²) >= 11 is 2.58. The highest BCUT2D eigenvalue weighted by Gasteiger charge is 2.33. The number of hydrogen-bond acceptors (Lipinski definition) is 5. The summed E-state index contributed by atoms with van der Waals surface area (Å²) in [5.41, 5.74) is 0. The molecule has 1 aliphatic heterocycles. The van der Waals surface area contributed by atoms with Crippen LogP contribution in [0.25, 0.3) is 0 Å². The summed E-state index contributed by atoms with van der Waals surface area (Å²) in [6, 6.07) is 9.31. The molecular formula is C19H23FN2O3S3. The summed E-state index contributed by atoms with van der Waals surface area (Å²) in [6.07, 6.45) is 3.26. The normalized spacial score (nSPS) is 18.1. The van der Waals surface area contributed by atoms with Gasteiger partial charge >= 0.3 is 0 Å². The molecule has 152 valence electrons. The zero-order chi connectivity index (χ0) is 20.0. The molecule has 0 bridgehead atoms. The SMILES string of the molecule is O=C(CSc1ccc(F)cc1)NCC[C@@H]1CCCCN1S(=O)(=O)c1cccs1. The van der Waals surface area contributed by atoms with Crippen LogP contribution in [0.4, 0.5) is 4.39 Å². The van der Waals surface area contributed by atoms with E-state index in [-0.39, 0.29) is 23.5 Å². The van der Waals surface area contributed by atoms with Crippen molar-refractivity contribution in [3.8, 4) is 0 Å². The van der Waals surface area contributed by atoms with E-state index in [0.717, 1.165) is 24.2 Å². The highest BCUT2D eigenvalue weighted by atomic mass is 32.2. The van der Waals surface area contributed by atoms with E-state index in [9.17, 15) is 17.6 Å². The number of rotatable bonds is 8. The van der Waals surface area contributed by atoms with E-state index in [1.54, 1.807) is 34.0 Å². The van der Waals surface area contributed by atoms with Gasteiger partial charge in [0.1, 0.15) is 10.0 Å². The van der Waals surface area contributed by atoms with Crippen LogP contribution in [0.2, 0.25) is 0 Å². The minimum Gasteiger partial charge on any atom is -0.355 e. The Morgan fingerprint density at radius 3 is 2.75 bits per heavy atom. The number of thiophene rings is 1. The van der Waals surface area contributed by atoms with Crippen LogP contribution in [0.15, 0.2) is 50.9 Å². The third kappa shape index (κ3) is 5.56. The number of halogens is 1. The second-order valence-corrected chi connectivity index (χ2v) is 10.7. The predicted molar refractivity (Wildman–Crippen MR) is 111 cm³/mol. The van der Waals surface area contributed by atoms with Crippen molar-refractivity contribution in [1.82, 2.24) is 9.62 Å². The Morgan fingerprint density at radius 1 is 1.25 bits per heavy atom. The molecule has 0 radical (unpaired) electrons. The van der Waals surface area contributed by atoms with Crippen molar-refractivity contribution in [3.05, 3.63) is 47.6 Å². The number of carbonyl (C=O) groups is 1. The number of thioether (sulfide) groups is 1. The molecule has 0 saturated carbocycles. The van der Waals surface area contributed by atoms with Gasteiger partial charge in [0.05, 0.1) is 5.75 Å². The lowest BCUT2D eigenvalue weighted by Gasteiger charge is -2.34. The fraction of sp³-hybridized carbons (Fsp3) is 0.421. The van der Waals surface area contributed by atoms with Crippen LogP contribution in [0.3, 0.4) is 0 Å². The standard InChI is InChI=1S/C19H23FN2O3S3/c20-15-6-8-17(9-7-15)27-14-18(23)21-11-10-16-4-1-2-12-22(16)28(24,25)19-5-3-13-26-19/h3,5-9,13,16H,1-2,4,10-12,14H2,(H,21,23)/t16-/m0/s1. The molecule has 2 heterocycles. The Morgan fingerprint density at radius 2 is 2.04 bits per heavy atom. The van der Waals surface area contributed by atoms with Gasteiger partial charge in [0.2, 0.25) is 5.91 Å². The van der Waals surface area contributed by atoms with Crippen molar-refractivity contribution in [3.63, 3.8) is 0 Å². The van der Waals surface area contributed by atoms with Gasteiger partial charge in [0, 0.05) is 24.0 Å². The van der Waals surface area contributed by atoms with Gasteiger partial charge in [-0.25, -0.2) is 12.8 Å². The number of sulfonamides is 1. The van der Waals surface area contributed by atoms with Gasteiger partial charge in [-0.05, 0) is 55.0 Å². The zero-order valence-electron chi connectivity index (χ0n) is 15.3. The molecule has 1 fully saturated rings. The van der Waals surface area contributed by atoms with Crippen LogP contribution in [0.1, 0.15) is 25.7 Å². The maximum atomic E-state index is 12.9. The summed E-state index contributed by atoms with van der Waals surface area (Å²) in [6.45, 7) is 0.962. The third-order valence-corrected chi connectivity index (χ3v) is 8.95. The predicted octanol–water partition coefficient (Wildman–Crippen LogP) is 3.73. The first-order valence-corrected chi connectivity index (χ1v) is 12.5. The molecule has 1 atom stereocenters. The van der Waals surface area contributed by atoms with Crippen LogP contribution < -0.4 is 5.32 Å². The molecular weight excluding hydrogens is 419 g/mol. The van der Waals surface area contributed by atoms with Crippen LogP contribution in [-0.2, 0) is 14.8 Å². The number of piperidine rings is 1. The fourth-order valence-electron chi connectivity index (χ4n) is 3.21. The van der Waals surface area contributed by atoms with Crippen LogP contribution >= 0.6 is 23.1 Å². The highest BCUT2D eigenvalue weighted by Crippen LogP contribution is 2.29. The number of benzene rings is 1. The van der Waals surface area contributed by atoms with E-state index in [0.29, 0.717) is 23.7 Å². The molecule has 0 unspecified atom stereocenters. The number of carbonyl (C=O) groups excluding carboxylic acids is 1. The van der Waals surface area contributed by atoms with E-state index >= 15 is 0 Å². The summed E-state index contributed by atoms with van der Waals surface area (Å²) in [5.74, 6) is -0.172. The second-order valence-electron chi connectivity index (χ2n) is 6.58. The Labute approximate surface area is 173 Å². The summed E-state index contributed by atoms with van der Waals surface area (Å²) in [7, 11) is -3.46. The van der Waals surface area contributed by atoms with Crippen LogP contribution in [0.5, 0.6) is 0 Å². The number of nitrogens with zero attached hydrogens (tertiary/aromatic N) is 1. The van der Waals surface area contributed by atoms with Gasteiger partial charge in [-0.15, -0.1) is 23.1 Å². The smallest absolute Gasteiger partial charge is 0.252 e. The molecule has 1 N–H and O–H groups in total. The van der Waals surface area contributed by atoms with Crippen LogP contribution in [-0.4, -0.2) is 43.5 Å². The largest absolute Gasteiger partial charge is 0.355 e. The first-order chi connectivity index (χ1) is 13.5. The molecule has 5 nitrogen and oxygen atoms in total. The highest BCUT2D eigenvalue weighted by molar-refractivity contribution is 8.00. The average molecular weight is 443 g/mol. The van der Waals surface area contributed by atoms with Crippen molar-refractivity contribution < 1.29 is 17.6 Å². The molecule has 1 aliphatic rings. The molecule has 3 rings (SSSR count). The van der Waals surface area contributed by atoms with Crippen LogP contribution in [0, 0.1) is 5.82 Å². The van der Waals surface area contributed by atoms with E-state index in [4.69, 9.17) is 0 Å². The summed E-state index contributed by atoms with van der Waals surface area (Å²) < 4.78 is 40.6. The molecule has 0 spiro atoms. The quantitative estimate of drug-likeness (QED) is 0.633. The molecule has 28 heavy (non-hydrogen) atoms. The summed E-state index contributed by atoms with van der Waals surface area (Å²) in [5, 5.41) is 4.63. The minimum absolute atomic E-state index is 0.0918. The number of hydrogen-bond donors (Lipinski definition) is 1.